The van der Waals surface area contributed by atoms with Gasteiger partial charge in [-0.3, -0.25) is 14.5 Å². The van der Waals surface area contributed by atoms with Crippen LogP contribution in [-0.4, -0.2) is 72.5 Å². The number of likely N-dealkylation sites (N-methyl/N-ethyl adjacent to an activating group) is 1. The maximum atomic E-state index is 12.7. The molecule has 1 aliphatic heterocycles. The number of benzene rings is 1. The Morgan fingerprint density at radius 3 is 2.38 bits per heavy atom. The molecule has 172 valence electrons. The van der Waals surface area contributed by atoms with E-state index in [1.165, 1.54) is 12.0 Å². The molecule has 0 unspecified atom stereocenters. The van der Waals surface area contributed by atoms with Crippen molar-refractivity contribution in [2.45, 2.75) is 32.7 Å². The number of nitrogens with zero attached hydrogens (tertiary/aromatic N) is 3. The number of anilines is 1. The lowest BCUT2D eigenvalue weighted by molar-refractivity contribution is -0.134. The van der Waals surface area contributed by atoms with E-state index in [0.717, 1.165) is 42.7 Å². The summed E-state index contributed by atoms with van der Waals surface area (Å²) in [6.45, 7) is 5.67. The molecule has 1 aromatic carbocycles. The van der Waals surface area contributed by atoms with E-state index in [-0.39, 0.29) is 36.9 Å². The molecule has 1 aromatic heterocycles. The lowest BCUT2D eigenvalue weighted by atomic mass is 10.0. The summed E-state index contributed by atoms with van der Waals surface area (Å²) in [4.78, 5) is 40.6. The molecule has 3 rings (SSSR count). The number of hydrogen-bond acceptors (Lipinski definition) is 5. The lowest BCUT2D eigenvalue weighted by Gasteiger charge is -2.33. The summed E-state index contributed by atoms with van der Waals surface area (Å²) in [5.41, 5.74) is 3.34. The largest absolute Gasteiger partial charge is 0.464 e. The number of amides is 2. The molecule has 0 spiro atoms. The second-order valence-corrected chi connectivity index (χ2v) is 8.36. The standard InChI is InChI=1S/C24H32N4O4/c1-17-7-5-8-18(2)23(17)25-21(29)15-26(3)22(30)16-27-13-10-19(11-14-27)28-12-6-9-20(28)24(31)32-4/h5-9,12,19H,10-11,13-16H2,1-4H3,(H,25,29). The van der Waals surface area contributed by atoms with Crippen LogP contribution in [0.2, 0.25) is 0 Å². The van der Waals surface area contributed by atoms with Gasteiger partial charge in [0.25, 0.3) is 0 Å². The second-order valence-electron chi connectivity index (χ2n) is 8.36. The summed E-state index contributed by atoms with van der Waals surface area (Å²) in [5, 5.41) is 2.92. The van der Waals surface area contributed by atoms with Crippen molar-refractivity contribution < 1.29 is 19.1 Å². The second kappa shape index (κ2) is 10.5. The van der Waals surface area contributed by atoms with Crippen LogP contribution < -0.4 is 5.32 Å². The van der Waals surface area contributed by atoms with E-state index >= 15 is 0 Å². The molecule has 1 fully saturated rings. The fourth-order valence-corrected chi connectivity index (χ4v) is 4.15. The first-order valence-electron chi connectivity index (χ1n) is 10.9. The third-order valence-electron chi connectivity index (χ3n) is 6.03. The molecule has 0 saturated carbocycles. The van der Waals surface area contributed by atoms with Crippen LogP contribution in [0.15, 0.2) is 36.5 Å². The first-order valence-corrected chi connectivity index (χ1v) is 10.9. The van der Waals surface area contributed by atoms with E-state index in [1.807, 2.05) is 48.9 Å². The number of para-hydroxylation sites is 1. The number of carbonyl (C=O) groups is 3. The van der Waals surface area contributed by atoms with Crippen molar-refractivity contribution in [2.24, 2.45) is 0 Å². The predicted molar refractivity (Wildman–Crippen MR) is 123 cm³/mol. The lowest BCUT2D eigenvalue weighted by Crippen LogP contribution is -2.44. The molecule has 2 aromatic rings. The van der Waals surface area contributed by atoms with Crippen molar-refractivity contribution in [2.75, 3.05) is 45.7 Å². The number of nitrogens with one attached hydrogen (secondary N) is 1. The summed E-state index contributed by atoms with van der Waals surface area (Å²) < 4.78 is 6.82. The average molecular weight is 441 g/mol. The minimum absolute atomic E-state index is 0.00886. The van der Waals surface area contributed by atoms with E-state index in [1.54, 1.807) is 13.1 Å². The molecule has 32 heavy (non-hydrogen) atoms. The smallest absolute Gasteiger partial charge is 0.354 e. The van der Waals surface area contributed by atoms with Crippen LogP contribution in [0.1, 0.15) is 40.5 Å². The van der Waals surface area contributed by atoms with E-state index in [0.29, 0.717) is 5.69 Å². The van der Waals surface area contributed by atoms with Crippen LogP contribution in [0, 0.1) is 13.8 Å². The maximum Gasteiger partial charge on any atom is 0.354 e. The van der Waals surface area contributed by atoms with Crippen molar-refractivity contribution in [1.82, 2.24) is 14.4 Å². The van der Waals surface area contributed by atoms with Crippen LogP contribution in [0.4, 0.5) is 5.69 Å². The fraction of sp³-hybridized carbons (Fsp3) is 0.458. The highest BCUT2D eigenvalue weighted by Crippen LogP contribution is 2.25. The van der Waals surface area contributed by atoms with Gasteiger partial charge in [0.1, 0.15) is 5.69 Å². The predicted octanol–water partition coefficient (Wildman–Crippen LogP) is 2.63. The van der Waals surface area contributed by atoms with Crippen LogP contribution in [0.3, 0.4) is 0 Å². The number of carbonyl (C=O) groups excluding carboxylic acids is 3. The summed E-state index contributed by atoms with van der Waals surface area (Å²) in [6, 6.07) is 9.66. The molecule has 2 heterocycles. The fourth-order valence-electron chi connectivity index (χ4n) is 4.15. The summed E-state index contributed by atoms with van der Waals surface area (Å²) in [7, 11) is 3.04. The highest BCUT2D eigenvalue weighted by Gasteiger charge is 2.26. The van der Waals surface area contributed by atoms with E-state index in [9.17, 15) is 14.4 Å². The third kappa shape index (κ3) is 5.56. The first kappa shape index (κ1) is 23.5. The zero-order chi connectivity index (χ0) is 23.3. The van der Waals surface area contributed by atoms with Gasteiger partial charge in [-0.1, -0.05) is 18.2 Å². The number of piperidine rings is 1. The minimum atomic E-state index is -0.339. The average Bonchev–Trinajstić information content (AvgIpc) is 3.26. The Kier molecular flexibility index (Phi) is 7.69. The van der Waals surface area contributed by atoms with Crippen LogP contribution in [0.25, 0.3) is 0 Å². The first-order chi connectivity index (χ1) is 15.3. The Morgan fingerprint density at radius 2 is 1.75 bits per heavy atom. The number of rotatable bonds is 7. The maximum absolute atomic E-state index is 12.7. The molecule has 8 nitrogen and oxygen atoms in total. The molecule has 0 radical (unpaired) electrons. The van der Waals surface area contributed by atoms with Crippen molar-refractivity contribution >= 4 is 23.5 Å². The van der Waals surface area contributed by atoms with E-state index < -0.39 is 0 Å². The molecule has 2 amide bonds. The van der Waals surface area contributed by atoms with Crippen molar-refractivity contribution in [3.05, 3.63) is 53.3 Å². The van der Waals surface area contributed by atoms with Gasteiger partial charge in [0.15, 0.2) is 0 Å². The van der Waals surface area contributed by atoms with Gasteiger partial charge in [-0.25, -0.2) is 4.79 Å². The summed E-state index contributed by atoms with van der Waals surface area (Å²) >= 11 is 0. The van der Waals surface area contributed by atoms with E-state index in [2.05, 4.69) is 10.2 Å². The molecule has 0 bridgehead atoms. The highest BCUT2D eigenvalue weighted by molar-refractivity contribution is 5.95. The normalized spacial score (nSPS) is 14.8. The van der Waals surface area contributed by atoms with Crippen molar-refractivity contribution in [3.63, 3.8) is 0 Å². The van der Waals surface area contributed by atoms with Gasteiger partial charge in [-0.15, -0.1) is 0 Å². The molecular weight excluding hydrogens is 408 g/mol. The quantitative estimate of drug-likeness (QED) is 0.669. The Labute approximate surface area is 189 Å². The summed E-state index contributed by atoms with van der Waals surface area (Å²) in [5.74, 6) is -0.635. The van der Waals surface area contributed by atoms with Gasteiger partial charge in [-0.05, 0) is 49.9 Å². The number of ether oxygens (including phenoxy) is 1. The number of likely N-dealkylation sites (tertiary alicyclic amines) is 1. The van der Waals surface area contributed by atoms with E-state index in [4.69, 9.17) is 4.74 Å². The van der Waals surface area contributed by atoms with Gasteiger partial charge in [0, 0.05) is 38.1 Å². The van der Waals surface area contributed by atoms with Gasteiger partial charge in [0.2, 0.25) is 11.8 Å². The Morgan fingerprint density at radius 1 is 1.09 bits per heavy atom. The Bertz CT molecular complexity index is 956. The van der Waals surface area contributed by atoms with Crippen molar-refractivity contribution in [1.29, 1.82) is 0 Å². The molecule has 8 heteroatoms. The third-order valence-corrected chi connectivity index (χ3v) is 6.03. The monoisotopic (exact) mass is 440 g/mol. The zero-order valence-electron chi connectivity index (χ0n) is 19.3. The number of methoxy groups -OCH3 is 1. The van der Waals surface area contributed by atoms with Crippen LogP contribution >= 0.6 is 0 Å². The van der Waals surface area contributed by atoms with Crippen LogP contribution in [0.5, 0.6) is 0 Å². The molecule has 1 aliphatic rings. The zero-order valence-corrected chi connectivity index (χ0v) is 19.3. The number of hydrogen-bond donors (Lipinski definition) is 1. The van der Waals surface area contributed by atoms with Gasteiger partial charge in [0.05, 0.1) is 20.2 Å². The van der Waals surface area contributed by atoms with Crippen LogP contribution in [-0.2, 0) is 14.3 Å². The Hall–Kier alpha value is -3.13. The molecule has 0 atom stereocenters. The number of aromatic nitrogens is 1. The SMILES string of the molecule is COC(=O)c1cccn1C1CCN(CC(=O)N(C)CC(=O)Nc2c(C)cccc2C)CC1. The number of esters is 1. The van der Waals surface area contributed by atoms with Gasteiger partial charge in [-0.2, -0.15) is 0 Å². The minimum Gasteiger partial charge on any atom is -0.464 e. The molecule has 1 N–H and O–H groups in total. The highest BCUT2D eigenvalue weighted by atomic mass is 16.5. The Balaban J connectivity index is 1.48. The van der Waals surface area contributed by atoms with Crippen molar-refractivity contribution in [3.8, 4) is 0 Å². The molecule has 1 saturated heterocycles. The molecular formula is C24H32N4O4. The number of aryl methyl sites for hydroxylation is 2. The van der Waals surface area contributed by atoms with Gasteiger partial charge >= 0.3 is 5.97 Å². The molecule has 0 aliphatic carbocycles. The summed E-state index contributed by atoms with van der Waals surface area (Å²) in [6.07, 6.45) is 3.58. The van der Waals surface area contributed by atoms with Gasteiger partial charge < -0.3 is 19.5 Å². The topological polar surface area (TPSA) is 83.9 Å².